The number of aliphatic hydroxyl groups excluding tert-OH is 1. The van der Waals surface area contributed by atoms with Crippen molar-refractivity contribution in [2.75, 3.05) is 0 Å². The Kier molecular flexibility index (Phi) is 3.60. The molecule has 1 nitrogen and oxygen atoms in total. The molecule has 1 radical (unpaired) electrons. The van der Waals surface area contributed by atoms with E-state index < -0.39 is 30.8 Å². The van der Waals surface area contributed by atoms with Gasteiger partial charge in [0, 0.05) is 0 Å². The van der Waals surface area contributed by atoms with E-state index in [0.29, 0.717) is 0 Å². The number of aliphatic hydroxyl groups is 1. The number of hydrogen-bond acceptors (Lipinski definition) is 1. The molecule has 13 heavy (non-hydrogen) atoms. The van der Waals surface area contributed by atoms with E-state index in [0.717, 1.165) is 6.92 Å². The van der Waals surface area contributed by atoms with Crippen molar-refractivity contribution in [2.45, 2.75) is 25.7 Å². The summed E-state index contributed by atoms with van der Waals surface area (Å²) < 4.78 is 70.3. The molecule has 0 bridgehead atoms. The zero-order chi connectivity index (χ0) is 10.9. The summed E-state index contributed by atoms with van der Waals surface area (Å²) in [6.07, 6.45) is -13.7. The lowest BCUT2D eigenvalue weighted by molar-refractivity contribution is -0.232. The highest BCUT2D eigenvalue weighted by molar-refractivity contribution is 4.95. The summed E-state index contributed by atoms with van der Waals surface area (Å²) in [5, 5.41) is 8.25. The second-order valence-electron chi connectivity index (χ2n) is 2.39. The highest BCUT2D eigenvalue weighted by Crippen LogP contribution is 2.42. The van der Waals surface area contributed by atoms with Crippen LogP contribution in [0.2, 0.25) is 0 Å². The van der Waals surface area contributed by atoms with Gasteiger partial charge in [-0.15, -0.1) is 0 Å². The van der Waals surface area contributed by atoms with Crippen molar-refractivity contribution in [1.82, 2.24) is 0 Å². The van der Waals surface area contributed by atoms with E-state index in [2.05, 4.69) is 0 Å². The van der Waals surface area contributed by atoms with Crippen LogP contribution in [0.15, 0.2) is 0 Å². The molecule has 0 aromatic carbocycles. The van der Waals surface area contributed by atoms with E-state index in [4.69, 9.17) is 5.11 Å². The average molecular weight is 209 g/mol. The molecular formula is C6H7F6O. The molecule has 7 heteroatoms. The lowest BCUT2D eigenvalue weighted by atomic mass is 9.98. The van der Waals surface area contributed by atoms with E-state index in [1.807, 2.05) is 0 Å². The van der Waals surface area contributed by atoms with Gasteiger partial charge in [0.1, 0.15) is 0 Å². The molecule has 0 fully saturated rings. The topological polar surface area (TPSA) is 20.2 Å². The molecule has 0 heterocycles. The summed E-state index contributed by atoms with van der Waals surface area (Å²) in [5.41, 5.74) is 0. The van der Waals surface area contributed by atoms with Gasteiger partial charge in [0.2, 0.25) is 6.10 Å². The third kappa shape index (κ3) is 3.41. The first-order chi connectivity index (χ1) is 5.60. The van der Waals surface area contributed by atoms with Gasteiger partial charge in [-0.1, -0.05) is 6.92 Å². The minimum absolute atomic E-state index is 0.838. The Labute approximate surface area is 70.4 Å². The Bertz CT molecular complexity index is 159. The zero-order valence-electron chi connectivity index (χ0n) is 6.50. The van der Waals surface area contributed by atoms with Gasteiger partial charge in [0.25, 0.3) is 0 Å². The first-order valence-corrected chi connectivity index (χ1v) is 3.30. The molecule has 1 atom stereocenters. The fourth-order valence-electron chi connectivity index (χ4n) is 0.777. The summed E-state index contributed by atoms with van der Waals surface area (Å²) in [7, 11) is 0. The van der Waals surface area contributed by atoms with Crippen molar-refractivity contribution < 1.29 is 31.4 Å². The van der Waals surface area contributed by atoms with Crippen LogP contribution in [0.25, 0.3) is 0 Å². The third-order valence-corrected chi connectivity index (χ3v) is 1.42. The van der Waals surface area contributed by atoms with E-state index >= 15 is 0 Å². The maximum absolute atomic E-state index is 11.8. The average Bonchev–Trinajstić information content (AvgIpc) is 1.83. The fraction of sp³-hybridized carbons (Fsp3) is 0.833. The summed E-state index contributed by atoms with van der Waals surface area (Å²) in [6.45, 7) is 0.917. The van der Waals surface area contributed by atoms with Crippen molar-refractivity contribution in [1.29, 1.82) is 0 Å². The van der Waals surface area contributed by atoms with Gasteiger partial charge >= 0.3 is 12.4 Å². The maximum Gasteiger partial charge on any atom is 0.421 e. The number of halogens is 6. The summed E-state index contributed by atoms with van der Waals surface area (Å²) in [6, 6.07) is 0. The molecule has 0 aliphatic heterocycles. The lowest BCUT2D eigenvalue weighted by Gasteiger charge is -2.24. The molecule has 0 aliphatic carbocycles. The normalized spacial score (nSPS) is 16.4. The Balaban J connectivity index is 4.61. The molecule has 0 aliphatic rings. The van der Waals surface area contributed by atoms with Crippen LogP contribution in [0.1, 0.15) is 13.3 Å². The predicted octanol–water partition coefficient (Wildman–Crippen LogP) is 3.04. The zero-order valence-corrected chi connectivity index (χ0v) is 6.50. The van der Waals surface area contributed by atoms with E-state index in [-0.39, 0.29) is 0 Å². The third-order valence-electron chi connectivity index (χ3n) is 1.42. The molecule has 0 saturated heterocycles. The van der Waals surface area contributed by atoms with Crippen molar-refractivity contribution in [2.24, 2.45) is 5.92 Å². The molecule has 79 valence electrons. The van der Waals surface area contributed by atoms with E-state index in [1.165, 1.54) is 0 Å². The van der Waals surface area contributed by atoms with Gasteiger partial charge < -0.3 is 5.11 Å². The van der Waals surface area contributed by atoms with E-state index in [9.17, 15) is 26.3 Å². The first-order valence-electron chi connectivity index (χ1n) is 3.30. The van der Waals surface area contributed by atoms with Gasteiger partial charge in [-0.3, -0.25) is 0 Å². The fourth-order valence-corrected chi connectivity index (χ4v) is 0.777. The molecule has 0 amide bonds. The number of alkyl halides is 6. The minimum Gasteiger partial charge on any atom is -0.377 e. The molecule has 0 saturated carbocycles. The molecule has 0 spiro atoms. The Hall–Kier alpha value is -0.460. The maximum atomic E-state index is 11.8. The SMILES string of the molecule is CCC([C](O)C(F)(F)F)C(F)(F)F. The minimum atomic E-state index is -5.31. The van der Waals surface area contributed by atoms with Crippen LogP contribution in [-0.2, 0) is 0 Å². The predicted molar refractivity (Wildman–Crippen MR) is 31.1 cm³/mol. The molecule has 1 unspecified atom stereocenters. The van der Waals surface area contributed by atoms with Crippen LogP contribution in [0, 0.1) is 12.0 Å². The number of hydrogen-bond donors (Lipinski definition) is 1. The Morgan fingerprint density at radius 2 is 1.54 bits per heavy atom. The molecular weight excluding hydrogens is 202 g/mol. The van der Waals surface area contributed by atoms with E-state index in [1.54, 1.807) is 0 Å². The molecule has 0 rings (SSSR count). The Morgan fingerprint density at radius 3 is 1.62 bits per heavy atom. The highest BCUT2D eigenvalue weighted by Gasteiger charge is 2.54. The van der Waals surface area contributed by atoms with Crippen LogP contribution in [0.5, 0.6) is 0 Å². The first kappa shape index (κ1) is 12.5. The highest BCUT2D eigenvalue weighted by atomic mass is 19.4. The Morgan fingerprint density at radius 1 is 1.15 bits per heavy atom. The van der Waals surface area contributed by atoms with Gasteiger partial charge in [-0.25, -0.2) is 0 Å². The smallest absolute Gasteiger partial charge is 0.377 e. The molecule has 1 N–H and O–H groups in total. The standard InChI is InChI=1S/C6H7F6O/c1-2-3(5(7,8)9)4(13)6(10,11)12/h3,13H,2H2,1H3. The van der Waals surface area contributed by atoms with Crippen molar-refractivity contribution in [3.8, 4) is 0 Å². The molecule has 0 aromatic rings. The summed E-state index contributed by atoms with van der Waals surface area (Å²) >= 11 is 0. The van der Waals surface area contributed by atoms with Crippen LogP contribution in [0.4, 0.5) is 26.3 Å². The second-order valence-corrected chi connectivity index (χ2v) is 2.39. The van der Waals surface area contributed by atoms with Crippen molar-refractivity contribution in [3.05, 3.63) is 6.10 Å². The second kappa shape index (κ2) is 3.73. The van der Waals surface area contributed by atoms with Crippen LogP contribution >= 0.6 is 0 Å². The molecule has 0 aromatic heterocycles. The summed E-state index contributed by atoms with van der Waals surface area (Å²) in [4.78, 5) is 0. The summed E-state index contributed by atoms with van der Waals surface area (Å²) in [5.74, 6) is -2.83. The lowest BCUT2D eigenvalue weighted by Crippen LogP contribution is -2.36. The largest absolute Gasteiger partial charge is 0.421 e. The van der Waals surface area contributed by atoms with Crippen molar-refractivity contribution in [3.63, 3.8) is 0 Å². The number of rotatable bonds is 2. The van der Waals surface area contributed by atoms with Crippen LogP contribution in [-0.4, -0.2) is 17.5 Å². The quantitative estimate of drug-likeness (QED) is 0.693. The van der Waals surface area contributed by atoms with Gasteiger partial charge in [-0.2, -0.15) is 26.3 Å². The monoisotopic (exact) mass is 209 g/mol. The van der Waals surface area contributed by atoms with Gasteiger partial charge in [-0.05, 0) is 6.42 Å². The van der Waals surface area contributed by atoms with Crippen LogP contribution in [0.3, 0.4) is 0 Å². The van der Waals surface area contributed by atoms with Crippen molar-refractivity contribution >= 4 is 0 Å². The van der Waals surface area contributed by atoms with Gasteiger partial charge in [0.15, 0.2) is 0 Å². The van der Waals surface area contributed by atoms with Crippen LogP contribution < -0.4 is 0 Å². The van der Waals surface area contributed by atoms with Gasteiger partial charge in [0.05, 0.1) is 5.92 Å².